The molecule has 8 nitrogen and oxygen atoms in total. The van der Waals surface area contributed by atoms with Gasteiger partial charge in [0.25, 0.3) is 21.4 Å². The lowest BCUT2D eigenvalue weighted by Crippen LogP contribution is -2.31. The van der Waals surface area contributed by atoms with Crippen molar-refractivity contribution in [2.45, 2.75) is 25.3 Å². The van der Waals surface area contributed by atoms with E-state index in [-0.39, 0.29) is 22.8 Å². The maximum absolute atomic E-state index is 13.4. The van der Waals surface area contributed by atoms with E-state index in [4.69, 9.17) is 0 Å². The summed E-state index contributed by atoms with van der Waals surface area (Å²) < 4.78 is 29.2. The van der Waals surface area contributed by atoms with E-state index in [0.29, 0.717) is 17.2 Å². The lowest BCUT2D eigenvalue weighted by molar-refractivity contribution is 0.589. The molecule has 0 fully saturated rings. The molecule has 0 aliphatic heterocycles. The highest BCUT2D eigenvalue weighted by molar-refractivity contribution is 7.92. The smallest absolute Gasteiger partial charge is 0.273 e. The number of aromatic nitrogens is 4. The predicted molar refractivity (Wildman–Crippen MR) is 109 cm³/mol. The Bertz CT molecular complexity index is 1340. The molecule has 0 bridgehead atoms. The number of hydrogen-bond donors (Lipinski definition) is 1. The summed E-state index contributed by atoms with van der Waals surface area (Å²) in [6.07, 6.45) is 0. The van der Waals surface area contributed by atoms with Crippen LogP contribution in [0.25, 0.3) is 5.78 Å². The van der Waals surface area contributed by atoms with E-state index in [1.54, 1.807) is 55.5 Å². The number of hydrogen-bond acceptors (Lipinski definition) is 5. The molecule has 0 radical (unpaired) electrons. The molecule has 29 heavy (non-hydrogen) atoms. The minimum absolute atomic E-state index is 0.0808. The number of aromatic amines is 1. The van der Waals surface area contributed by atoms with Crippen LogP contribution in [0, 0.1) is 13.8 Å². The Balaban J connectivity index is 1.83. The highest BCUT2D eigenvalue weighted by Crippen LogP contribution is 2.26. The first-order valence-corrected chi connectivity index (χ1v) is 10.4. The van der Waals surface area contributed by atoms with Crippen molar-refractivity contribution in [2.24, 2.45) is 0 Å². The molecule has 4 aromatic rings. The van der Waals surface area contributed by atoms with Gasteiger partial charge in [0.15, 0.2) is 0 Å². The average molecular weight is 409 g/mol. The van der Waals surface area contributed by atoms with Crippen LogP contribution in [0.5, 0.6) is 0 Å². The van der Waals surface area contributed by atoms with E-state index in [1.165, 1.54) is 14.9 Å². The number of aryl methyl sites for hydroxylation is 2. The standard InChI is InChI=1S/C20H19N5O3S/c1-14-7-6-8-16(11-14)24(29(27,28)17-9-4-3-5-10-17)13-18-22-20-21-15(2)12-19(26)25(20)23-18/h3-12H,13H2,1-2H3,(H,21,22,23). The van der Waals surface area contributed by atoms with E-state index in [9.17, 15) is 13.2 Å². The molecule has 0 amide bonds. The number of nitrogens with one attached hydrogen (secondary N) is 1. The third kappa shape index (κ3) is 3.64. The van der Waals surface area contributed by atoms with Crippen LogP contribution in [-0.4, -0.2) is 28.0 Å². The topological polar surface area (TPSA) is 100 Å². The highest BCUT2D eigenvalue weighted by atomic mass is 32.2. The molecule has 9 heteroatoms. The second kappa shape index (κ2) is 7.17. The molecule has 0 unspecified atom stereocenters. The normalized spacial score (nSPS) is 11.7. The van der Waals surface area contributed by atoms with Crippen LogP contribution in [-0.2, 0) is 16.6 Å². The summed E-state index contributed by atoms with van der Waals surface area (Å²) >= 11 is 0. The summed E-state index contributed by atoms with van der Waals surface area (Å²) in [5.41, 5.74) is 1.67. The minimum Gasteiger partial charge on any atom is -0.273 e. The van der Waals surface area contributed by atoms with Crippen molar-refractivity contribution < 1.29 is 8.42 Å². The summed E-state index contributed by atoms with van der Waals surface area (Å²) in [4.78, 5) is 20.9. The van der Waals surface area contributed by atoms with Crippen LogP contribution in [0.2, 0.25) is 0 Å². The van der Waals surface area contributed by atoms with E-state index in [0.717, 1.165) is 5.56 Å². The molecule has 0 aliphatic rings. The Morgan fingerprint density at radius 1 is 1.00 bits per heavy atom. The Morgan fingerprint density at radius 2 is 1.76 bits per heavy atom. The maximum Gasteiger partial charge on any atom is 0.274 e. The van der Waals surface area contributed by atoms with Gasteiger partial charge < -0.3 is 0 Å². The van der Waals surface area contributed by atoms with Crippen LogP contribution in [0.3, 0.4) is 0 Å². The number of benzene rings is 2. The van der Waals surface area contributed by atoms with Crippen molar-refractivity contribution in [3.63, 3.8) is 0 Å². The fourth-order valence-electron chi connectivity index (χ4n) is 3.06. The molecule has 0 atom stereocenters. The van der Waals surface area contributed by atoms with Crippen LogP contribution in [0.4, 0.5) is 5.69 Å². The summed E-state index contributed by atoms with van der Waals surface area (Å²) in [5.74, 6) is 0.507. The van der Waals surface area contributed by atoms with Crippen molar-refractivity contribution in [3.8, 4) is 0 Å². The first kappa shape index (κ1) is 18.9. The van der Waals surface area contributed by atoms with Gasteiger partial charge in [0.2, 0.25) is 0 Å². The number of nitrogens with zero attached hydrogens (tertiary/aromatic N) is 4. The molecule has 0 saturated carbocycles. The molecule has 2 aromatic carbocycles. The van der Waals surface area contributed by atoms with E-state index in [1.807, 2.05) is 13.0 Å². The summed E-state index contributed by atoms with van der Waals surface area (Å²) in [7, 11) is -3.86. The van der Waals surface area contributed by atoms with E-state index < -0.39 is 10.0 Å². The van der Waals surface area contributed by atoms with Gasteiger partial charge in [0.1, 0.15) is 5.82 Å². The monoisotopic (exact) mass is 409 g/mol. The zero-order valence-electron chi connectivity index (χ0n) is 15.9. The van der Waals surface area contributed by atoms with Crippen molar-refractivity contribution in [1.82, 2.24) is 19.6 Å². The lowest BCUT2D eigenvalue weighted by Gasteiger charge is -2.24. The van der Waals surface area contributed by atoms with Gasteiger partial charge in [-0.1, -0.05) is 30.3 Å². The molecular weight excluding hydrogens is 390 g/mol. The Kier molecular flexibility index (Phi) is 4.67. The Hall–Kier alpha value is -3.46. The third-order valence-corrected chi connectivity index (χ3v) is 6.21. The van der Waals surface area contributed by atoms with E-state index in [2.05, 4.69) is 15.1 Å². The third-order valence-electron chi connectivity index (χ3n) is 4.42. The van der Waals surface area contributed by atoms with E-state index >= 15 is 0 Å². The van der Waals surface area contributed by atoms with Gasteiger partial charge in [-0.2, -0.15) is 9.50 Å². The summed E-state index contributed by atoms with van der Waals surface area (Å²) in [5, 5.41) is 2.85. The summed E-state index contributed by atoms with van der Waals surface area (Å²) in [6, 6.07) is 16.8. The molecule has 2 aromatic heterocycles. The number of H-pyrrole nitrogens is 1. The quantitative estimate of drug-likeness (QED) is 0.546. The first-order valence-electron chi connectivity index (χ1n) is 8.94. The molecule has 148 valence electrons. The average Bonchev–Trinajstić information content (AvgIpc) is 3.09. The fraction of sp³-hybridized carbons (Fsp3) is 0.150. The number of fused-ring (bicyclic) bond motifs is 1. The zero-order valence-corrected chi connectivity index (χ0v) is 16.7. The largest absolute Gasteiger partial charge is 0.274 e. The van der Waals surface area contributed by atoms with Gasteiger partial charge in [-0.3, -0.25) is 14.2 Å². The van der Waals surface area contributed by atoms with Gasteiger partial charge in [-0.25, -0.2) is 13.4 Å². The van der Waals surface area contributed by atoms with Gasteiger partial charge >= 0.3 is 0 Å². The predicted octanol–water partition coefficient (Wildman–Crippen LogP) is 2.43. The molecule has 4 rings (SSSR count). The maximum atomic E-state index is 13.4. The number of anilines is 1. The Morgan fingerprint density at radius 3 is 2.48 bits per heavy atom. The lowest BCUT2D eigenvalue weighted by atomic mass is 10.2. The second-order valence-electron chi connectivity index (χ2n) is 6.71. The zero-order chi connectivity index (χ0) is 20.6. The highest BCUT2D eigenvalue weighted by Gasteiger charge is 2.26. The fourth-order valence-corrected chi connectivity index (χ4v) is 4.50. The molecule has 0 spiro atoms. The minimum atomic E-state index is -3.86. The Labute approximate surface area is 167 Å². The van der Waals surface area contributed by atoms with Crippen molar-refractivity contribution in [1.29, 1.82) is 0 Å². The van der Waals surface area contributed by atoms with Gasteiger partial charge in [-0.05, 0) is 43.7 Å². The SMILES string of the molecule is Cc1cccc(N(Cc2nc3nc(C)cc(=O)n3[nH]2)S(=O)(=O)c2ccccc2)c1. The molecular formula is C20H19N5O3S. The number of sulfonamides is 1. The summed E-state index contributed by atoms with van der Waals surface area (Å²) in [6.45, 7) is 3.52. The van der Waals surface area contributed by atoms with Crippen molar-refractivity contribution >= 4 is 21.5 Å². The van der Waals surface area contributed by atoms with Crippen LogP contribution in [0.1, 0.15) is 17.1 Å². The molecule has 0 aliphatic carbocycles. The molecule has 0 saturated heterocycles. The number of rotatable bonds is 5. The van der Waals surface area contributed by atoms with Gasteiger partial charge in [-0.15, -0.1) is 0 Å². The van der Waals surface area contributed by atoms with Crippen molar-refractivity contribution in [3.05, 3.63) is 88.1 Å². The van der Waals surface area contributed by atoms with Gasteiger partial charge in [0.05, 0.1) is 17.1 Å². The first-order chi connectivity index (χ1) is 13.8. The molecule has 2 heterocycles. The van der Waals surface area contributed by atoms with Crippen LogP contribution in [0.15, 0.2) is 70.4 Å². The van der Waals surface area contributed by atoms with Crippen LogP contribution >= 0.6 is 0 Å². The molecule has 1 N–H and O–H groups in total. The second-order valence-corrected chi connectivity index (χ2v) is 8.57. The van der Waals surface area contributed by atoms with Gasteiger partial charge in [0, 0.05) is 11.8 Å². The van der Waals surface area contributed by atoms with Crippen molar-refractivity contribution in [2.75, 3.05) is 4.31 Å². The van der Waals surface area contributed by atoms with Crippen LogP contribution < -0.4 is 9.86 Å².